The zero-order valence-corrected chi connectivity index (χ0v) is 16.2. The Morgan fingerprint density at radius 3 is 2.32 bits per heavy atom. The Kier molecular flexibility index (Phi) is 4.71. The number of carbonyl (C=O) groups is 2. The van der Waals surface area contributed by atoms with Gasteiger partial charge in [-0.05, 0) is 62.2 Å². The van der Waals surface area contributed by atoms with Crippen molar-refractivity contribution in [1.29, 1.82) is 0 Å². The van der Waals surface area contributed by atoms with E-state index in [-0.39, 0.29) is 17.5 Å². The van der Waals surface area contributed by atoms with E-state index in [1.807, 2.05) is 26.1 Å². The summed E-state index contributed by atoms with van der Waals surface area (Å²) in [6, 6.07) is 12.9. The molecule has 6 nitrogen and oxygen atoms in total. The molecule has 0 bridgehead atoms. The smallest absolute Gasteiger partial charge is 0.335 e. The zero-order valence-electron chi connectivity index (χ0n) is 16.2. The van der Waals surface area contributed by atoms with Crippen LogP contribution in [0.25, 0.3) is 0 Å². The van der Waals surface area contributed by atoms with Crippen molar-refractivity contribution < 1.29 is 14.7 Å². The predicted molar refractivity (Wildman–Crippen MR) is 111 cm³/mol. The molecule has 0 aromatic heterocycles. The Morgan fingerprint density at radius 1 is 1.04 bits per heavy atom. The lowest BCUT2D eigenvalue weighted by Gasteiger charge is -2.43. The van der Waals surface area contributed by atoms with Crippen molar-refractivity contribution in [1.82, 2.24) is 0 Å². The highest BCUT2D eigenvalue weighted by molar-refractivity contribution is 6.05. The molecule has 2 aromatic rings. The zero-order chi connectivity index (χ0) is 19.8. The van der Waals surface area contributed by atoms with E-state index in [2.05, 4.69) is 16.3 Å². The van der Waals surface area contributed by atoms with Gasteiger partial charge in [0.2, 0.25) is 5.91 Å². The van der Waals surface area contributed by atoms with Gasteiger partial charge in [0.1, 0.15) is 6.04 Å². The second-order valence-corrected chi connectivity index (χ2v) is 7.63. The van der Waals surface area contributed by atoms with Crippen molar-refractivity contribution in [3.63, 3.8) is 0 Å². The van der Waals surface area contributed by atoms with Crippen molar-refractivity contribution >= 4 is 34.6 Å². The second-order valence-electron chi connectivity index (χ2n) is 7.63. The van der Waals surface area contributed by atoms with E-state index >= 15 is 0 Å². The van der Waals surface area contributed by atoms with Crippen LogP contribution in [-0.2, 0) is 4.79 Å². The number of amides is 1. The van der Waals surface area contributed by atoms with Gasteiger partial charge in [-0.15, -0.1) is 0 Å². The average Bonchev–Trinajstić information content (AvgIpc) is 3.21. The minimum Gasteiger partial charge on any atom is -0.478 e. The minimum atomic E-state index is -0.936. The summed E-state index contributed by atoms with van der Waals surface area (Å²) in [5, 5.41) is 12.4. The molecule has 1 saturated carbocycles. The van der Waals surface area contributed by atoms with Crippen molar-refractivity contribution in [3.8, 4) is 0 Å². The number of carbonyl (C=O) groups excluding carboxylic acids is 1. The molecule has 28 heavy (non-hydrogen) atoms. The van der Waals surface area contributed by atoms with Crippen LogP contribution >= 0.6 is 0 Å². The van der Waals surface area contributed by atoms with Crippen LogP contribution in [-0.4, -0.2) is 36.1 Å². The fraction of sp³-hybridized carbons (Fsp3) is 0.364. The summed E-state index contributed by atoms with van der Waals surface area (Å²) in [6.07, 6.45) is 4.66. The molecule has 1 atom stereocenters. The summed E-state index contributed by atoms with van der Waals surface area (Å²) in [4.78, 5) is 27.8. The normalized spacial score (nSPS) is 19.6. The van der Waals surface area contributed by atoms with Gasteiger partial charge in [0, 0.05) is 24.5 Å². The number of rotatable bonds is 4. The first-order valence-corrected chi connectivity index (χ1v) is 9.76. The van der Waals surface area contributed by atoms with Crippen LogP contribution in [0.2, 0.25) is 0 Å². The lowest BCUT2D eigenvalue weighted by Crippen LogP contribution is -2.54. The number of hydrogen-bond acceptors (Lipinski definition) is 4. The van der Waals surface area contributed by atoms with E-state index in [9.17, 15) is 9.59 Å². The molecular formula is C22H25N3O3. The number of hydrogen-bond donors (Lipinski definition) is 2. The molecule has 1 aliphatic heterocycles. The largest absolute Gasteiger partial charge is 0.478 e. The van der Waals surface area contributed by atoms with E-state index < -0.39 is 5.97 Å². The molecule has 0 radical (unpaired) electrons. The Morgan fingerprint density at radius 2 is 1.68 bits per heavy atom. The minimum absolute atomic E-state index is 0.129. The van der Waals surface area contributed by atoms with Crippen LogP contribution < -0.4 is 15.1 Å². The van der Waals surface area contributed by atoms with Crippen molar-refractivity contribution in [2.24, 2.45) is 0 Å². The van der Waals surface area contributed by atoms with Crippen LogP contribution in [0.5, 0.6) is 0 Å². The maximum absolute atomic E-state index is 12.7. The SMILES string of the molecule is CC1C(=O)N(C)c2ccc(Nc3ccc(C(=O)O)cc3)cc2N1C1CCCC1. The topological polar surface area (TPSA) is 72.9 Å². The maximum Gasteiger partial charge on any atom is 0.335 e. The highest BCUT2D eigenvalue weighted by atomic mass is 16.4. The molecule has 2 aromatic carbocycles. The summed E-state index contributed by atoms with van der Waals surface area (Å²) in [5.41, 5.74) is 4.01. The predicted octanol–water partition coefficient (Wildman–Crippen LogP) is 4.24. The standard InChI is InChI=1S/C22H25N3O3/c1-14-21(26)24(2)19-12-11-17(13-20(19)25(14)18-5-3-4-6-18)23-16-9-7-15(8-10-16)22(27)28/h7-14,18,23H,3-6H2,1-2H3,(H,27,28). The second kappa shape index (κ2) is 7.19. The quantitative estimate of drug-likeness (QED) is 0.831. The number of carboxylic acids is 1. The monoisotopic (exact) mass is 379 g/mol. The molecule has 6 heteroatoms. The molecule has 1 fully saturated rings. The fourth-order valence-electron chi connectivity index (χ4n) is 4.38. The van der Waals surface area contributed by atoms with Gasteiger partial charge in [-0.25, -0.2) is 4.79 Å². The third-order valence-electron chi connectivity index (χ3n) is 5.86. The molecule has 2 aliphatic rings. The van der Waals surface area contributed by atoms with Crippen LogP contribution in [0.4, 0.5) is 22.7 Å². The first-order chi connectivity index (χ1) is 13.5. The number of nitrogens with one attached hydrogen (secondary N) is 1. The van der Waals surface area contributed by atoms with Crippen LogP contribution in [0.3, 0.4) is 0 Å². The van der Waals surface area contributed by atoms with Crippen molar-refractivity contribution in [3.05, 3.63) is 48.0 Å². The molecule has 1 aliphatic carbocycles. The van der Waals surface area contributed by atoms with Gasteiger partial charge >= 0.3 is 5.97 Å². The van der Waals surface area contributed by atoms with E-state index in [1.54, 1.807) is 29.2 Å². The molecule has 2 N–H and O–H groups in total. The molecule has 0 spiro atoms. The summed E-state index contributed by atoms with van der Waals surface area (Å²) in [5.74, 6) is -0.807. The molecule has 1 amide bonds. The maximum atomic E-state index is 12.7. The molecule has 1 unspecified atom stereocenters. The average molecular weight is 379 g/mol. The number of fused-ring (bicyclic) bond motifs is 1. The first-order valence-electron chi connectivity index (χ1n) is 9.76. The third-order valence-corrected chi connectivity index (χ3v) is 5.86. The van der Waals surface area contributed by atoms with Crippen LogP contribution in [0.15, 0.2) is 42.5 Å². The number of likely N-dealkylation sites (N-methyl/N-ethyl adjacent to an activating group) is 1. The fourth-order valence-corrected chi connectivity index (χ4v) is 4.38. The molecule has 4 rings (SSSR count). The summed E-state index contributed by atoms with van der Waals surface area (Å²) >= 11 is 0. The van der Waals surface area contributed by atoms with Crippen molar-refractivity contribution in [2.75, 3.05) is 22.2 Å². The molecule has 1 heterocycles. The van der Waals surface area contributed by atoms with E-state index in [4.69, 9.17) is 5.11 Å². The number of carboxylic acid groups (broad SMARTS) is 1. The Hall–Kier alpha value is -3.02. The highest BCUT2D eigenvalue weighted by Gasteiger charge is 2.38. The molecule has 0 saturated heterocycles. The summed E-state index contributed by atoms with van der Waals surface area (Å²) in [7, 11) is 1.83. The Labute approximate surface area is 164 Å². The van der Waals surface area contributed by atoms with Gasteiger partial charge in [-0.2, -0.15) is 0 Å². The van der Waals surface area contributed by atoms with E-state index in [0.29, 0.717) is 6.04 Å². The van der Waals surface area contributed by atoms with Crippen LogP contribution in [0, 0.1) is 0 Å². The van der Waals surface area contributed by atoms with Gasteiger partial charge in [0.05, 0.1) is 16.9 Å². The number of benzene rings is 2. The van der Waals surface area contributed by atoms with Crippen molar-refractivity contribution in [2.45, 2.75) is 44.7 Å². The van der Waals surface area contributed by atoms with Gasteiger partial charge in [-0.1, -0.05) is 12.8 Å². The molecular weight excluding hydrogens is 354 g/mol. The Bertz CT molecular complexity index is 904. The first kappa shape index (κ1) is 18.3. The highest BCUT2D eigenvalue weighted by Crippen LogP contribution is 2.41. The molecule has 146 valence electrons. The lowest BCUT2D eigenvalue weighted by atomic mass is 10.0. The van der Waals surface area contributed by atoms with E-state index in [0.717, 1.165) is 35.6 Å². The van der Waals surface area contributed by atoms with Gasteiger partial charge in [-0.3, -0.25) is 4.79 Å². The van der Waals surface area contributed by atoms with Crippen LogP contribution in [0.1, 0.15) is 43.0 Å². The van der Waals surface area contributed by atoms with Gasteiger partial charge < -0.3 is 20.2 Å². The third kappa shape index (κ3) is 3.19. The van der Waals surface area contributed by atoms with Gasteiger partial charge in [0.25, 0.3) is 0 Å². The lowest BCUT2D eigenvalue weighted by molar-refractivity contribution is -0.119. The number of anilines is 4. The number of aromatic carboxylic acids is 1. The summed E-state index contributed by atoms with van der Waals surface area (Å²) in [6.45, 7) is 1.99. The Balaban J connectivity index is 1.67. The summed E-state index contributed by atoms with van der Waals surface area (Å²) < 4.78 is 0. The van der Waals surface area contributed by atoms with E-state index in [1.165, 1.54) is 12.8 Å². The number of nitrogens with zero attached hydrogens (tertiary/aromatic N) is 2. The van der Waals surface area contributed by atoms with Gasteiger partial charge in [0.15, 0.2) is 0 Å².